The number of phenolic OH excluding ortho intramolecular Hbond substituents is 1. The van der Waals surface area contributed by atoms with Gasteiger partial charge in [-0.2, -0.15) is 5.10 Å². The number of amides is 1. The molecule has 1 aliphatic heterocycles. The lowest BCUT2D eigenvalue weighted by molar-refractivity contribution is 0.0952. The number of para-hydroxylation sites is 1. The number of nitrogens with one attached hydrogen (secondary N) is 1. The van der Waals surface area contributed by atoms with Gasteiger partial charge in [-0.3, -0.25) is 14.0 Å². The highest BCUT2D eigenvalue weighted by molar-refractivity contribution is 5.97. The molecule has 0 saturated carbocycles. The summed E-state index contributed by atoms with van der Waals surface area (Å²) in [5, 5.41) is 13.8. The summed E-state index contributed by atoms with van der Waals surface area (Å²) in [6.45, 7) is 1.64. The number of piperidine rings is 1. The molecule has 148 valence electrons. The molecule has 1 amide bonds. The number of hydrazone groups is 1. The van der Waals surface area contributed by atoms with E-state index in [9.17, 15) is 14.7 Å². The van der Waals surface area contributed by atoms with Crippen molar-refractivity contribution in [2.24, 2.45) is 5.10 Å². The Kier molecular flexibility index (Phi) is 5.24. The number of hydrogen-bond acceptors (Lipinski definition) is 6. The number of hydrogen-bond donors (Lipinski definition) is 2. The summed E-state index contributed by atoms with van der Waals surface area (Å²) in [5.41, 5.74) is 3.10. The van der Waals surface area contributed by atoms with Gasteiger partial charge in [0.2, 0.25) is 0 Å². The third-order valence-corrected chi connectivity index (χ3v) is 4.91. The van der Waals surface area contributed by atoms with Crippen LogP contribution in [0.4, 0.5) is 5.82 Å². The summed E-state index contributed by atoms with van der Waals surface area (Å²) in [6.07, 6.45) is 6.22. The highest BCUT2D eigenvalue weighted by atomic mass is 16.3. The van der Waals surface area contributed by atoms with E-state index in [1.165, 1.54) is 22.7 Å². The summed E-state index contributed by atoms with van der Waals surface area (Å²) < 4.78 is 1.46. The first-order valence-electron chi connectivity index (χ1n) is 9.53. The zero-order chi connectivity index (χ0) is 20.2. The van der Waals surface area contributed by atoms with E-state index in [0.29, 0.717) is 17.0 Å². The van der Waals surface area contributed by atoms with Crippen LogP contribution in [0, 0.1) is 0 Å². The predicted octanol–water partition coefficient (Wildman–Crippen LogP) is 2.15. The SMILES string of the molecule is O=C(N/N=C\c1c(N2CCCCC2)nc2ccccn2c1=O)c1ccccc1O. The van der Waals surface area contributed by atoms with E-state index < -0.39 is 5.91 Å². The Morgan fingerprint density at radius 1 is 1.10 bits per heavy atom. The maximum atomic E-state index is 13.0. The van der Waals surface area contributed by atoms with Crippen molar-refractivity contribution in [3.8, 4) is 5.75 Å². The van der Waals surface area contributed by atoms with Crippen LogP contribution >= 0.6 is 0 Å². The van der Waals surface area contributed by atoms with Crippen LogP contribution in [-0.4, -0.2) is 39.7 Å². The minimum atomic E-state index is -0.562. The lowest BCUT2D eigenvalue weighted by Gasteiger charge is -2.28. The van der Waals surface area contributed by atoms with Crippen molar-refractivity contribution in [2.45, 2.75) is 19.3 Å². The quantitative estimate of drug-likeness (QED) is 0.524. The fourth-order valence-electron chi connectivity index (χ4n) is 3.43. The van der Waals surface area contributed by atoms with Crippen molar-refractivity contribution in [3.05, 3.63) is 70.1 Å². The molecule has 29 heavy (non-hydrogen) atoms. The molecule has 1 saturated heterocycles. The van der Waals surface area contributed by atoms with E-state index in [0.717, 1.165) is 32.4 Å². The van der Waals surface area contributed by atoms with E-state index in [1.54, 1.807) is 30.5 Å². The Morgan fingerprint density at radius 3 is 2.66 bits per heavy atom. The second-order valence-corrected chi connectivity index (χ2v) is 6.85. The molecule has 0 atom stereocenters. The second kappa shape index (κ2) is 8.14. The largest absolute Gasteiger partial charge is 0.507 e. The molecular formula is C21H21N5O3. The predicted molar refractivity (Wildman–Crippen MR) is 111 cm³/mol. The van der Waals surface area contributed by atoms with E-state index in [1.807, 2.05) is 6.07 Å². The molecule has 3 aromatic rings. The maximum absolute atomic E-state index is 13.0. The lowest BCUT2D eigenvalue weighted by Crippen LogP contribution is -2.34. The van der Waals surface area contributed by atoms with Crippen LogP contribution in [0.5, 0.6) is 5.75 Å². The van der Waals surface area contributed by atoms with Crippen molar-refractivity contribution in [1.29, 1.82) is 0 Å². The molecule has 0 bridgehead atoms. The van der Waals surface area contributed by atoms with Crippen molar-refractivity contribution >= 4 is 23.6 Å². The Balaban J connectivity index is 1.69. The Bertz CT molecular complexity index is 1130. The van der Waals surface area contributed by atoms with E-state index in [2.05, 4.69) is 20.4 Å². The van der Waals surface area contributed by atoms with Crippen LogP contribution in [0.3, 0.4) is 0 Å². The first kappa shape index (κ1) is 18.7. The highest BCUT2D eigenvalue weighted by Gasteiger charge is 2.19. The fourth-order valence-corrected chi connectivity index (χ4v) is 3.43. The summed E-state index contributed by atoms with van der Waals surface area (Å²) >= 11 is 0. The van der Waals surface area contributed by atoms with Crippen LogP contribution in [0.25, 0.3) is 5.65 Å². The molecule has 0 spiro atoms. The van der Waals surface area contributed by atoms with Gasteiger partial charge in [0, 0.05) is 19.3 Å². The number of aromatic hydroxyl groups is 1. The van der Waals surface area contributed by atoms with Crippen molar-refractivity contribution in [2.75, 3.05) is 18.0 Å². The normalized spacial score (nSPS) is 14.4. The zero-order valence-corrected chi connectivity index (χ0v) is 15.8. The maximum Gasteiger partial charge on any atom is 0.275 e. The van der Waals surface area contributed by atoms with Gasteiger partial charge in [0.1, 0.15) is 22.8 Å². The number of benzene rings is 1. The number of fused-ring (bicyclic) bond motifs is 1. The van der Waals surface area contributed by atoms with Crippen molar-refractivity contribution < 1.29 is 9.90 Å². The zero-order valence-electron chi connectivity index (χ0n) is 15.8. The average molecular weight is 391 g/mol. The Hall–Kier alpha value is -3.68. The van der Waals surface area contributed by atoms with Crippen LogP contribution in [0.1, 0.15) is 35.2 Å². The molecule has 1 aliphatic rings. The molecule has 4 rings (SSSR count). The Morgan fingerprint density at radius 2 is 1.86 bits per heavy atom. The number of anilines is 1. The highest BCUT2D eigenvalue weighted by Crippen LogP contribution is 2.20. The molecule has 1 fully saturated rings. The molecule has 2 aromatic heterocycles. The van der Waals surface area contributed by atoms with Crippen LogP contribution < -0.4 is 15.9 Å². The molecule has 8 nitrogen and oxygen atoms in total. The number of carbonyl (C=O) groups excluding carboxylic acids is 1. The molecule has 2 N–H and O–H groups in total. The van der Waals surface area contributed by atoms with Gasteiger partial charge in [0.25, 0.3) is 11.5 Å². The number of phenols is 1. The molecule has 0 unspecified atom stereocenters. The third kappa shape index (κ3) is 3.82. The van der Waals surface area contributed by atoms with Gasteiger partial charge in [-0.25, -0.2) is 10.4 Å². The summed E-state index contributed by atoms with van der Waals surface area (Å²) in [6, 6.07) is 11.6. The first-order valence-corrected chi connectivity index (χ1v) is 9.53. The number of nitrogens with zero attached hydrogens (tertiary/aromatic N) is 4. The molecular weight excluding hydrogens is 370 g/mol. The van der Waals surface area contributed by atoms with Crippen LogP contribution in [0.2, 0.25) is 0 Å². The monoisotopic (exact) mass is 391 g/mol. The van der Waals surface area contributed by atoms with Crippen LogP contribution in [0.15, 0.2) is 58.6 Å². The number of aromatic nitrogens is 2. The molecule has 0 radical (unpaired) electrons. The van der Waals surface area contributed by atoms with Gasteiger partial charge in [0.05, 0.1) is 11.8 Å². The smallest absolute Gasteiger partial charge is 0.275 e. The number of pyridine rings is 1. The van der Waals surface area contributed by atoms with Crippen LogP contribution in [-0.2, 0) is 0 Å². The third-order valence-electron chi connectivity index (χ3n) is 4.91. The summed E-state index contributed by atoms with van der Waals surface area (Å²) in [5.74, 6) is -0.129. The minimum absolute atomic E-state index is 0.106. The topological polar surface area (TPSA) is 99.3 Å². The van der Waals surface area contributed by atoms with Gasteiger partial charge in [-0.1, -0.05) is 18.2 Å². The molecule has 3 heterocycles. The molecule has 1 aromatic carbocycles. The standard InChI is InChI=1S/C21H21N5O3/c27-17-9-3-2-8-15(17)20(28)24-22-14-16-19(25-11-5-1-6-12-25)23-18-10-4-7-13-26(18)21(16)29/h2-4,7-10,13-14,27H,1,5-6,11-12H2,(H,24,28)/b22-14-. The van der Waals surface area contributed by atoms with E-state index in [4.69, 9.17) is 0 Å². The van der Waals surface area contributed by atoms with Gasteiger partial charge in [0.15, 0.2) is 0 Å². The lowest BCUT2D eigenvalue weighted by atomic mass is 10.1. The number of carbonyl (C=O) groups is 1. The van der Waals surface area contributed by atoms with E-state index >= 15 is 0 Å². The molecule has 8 heteroatoms. The van der Waals surface area contributed by atoms with Gasteiger partial charge in [-0.05, 0) is 43.5 Å². The van der Waals surface area contributed by atoms with Gasteiger partial charge >= 0.3 is 0 Å². The first-order chi connectivity index (χ1) is 14.1. The van der Waals surface area contributed by atoms with E-state index in [-0.39, 0.29) is 16.9 Å². The Labute approximate surface area is 167 Å². The summed E-state index contributed by atoms with van der Waals surface area (Å²) in [4.78, 5) is 32.1. The minimum Gasteiger partial charge on any atom is -0.507 e. The second-order valence-electron chi connectivity index (χ2n) is 6.85. The van der Waals surface area contributed by atoms with Crippen molar-refractivity contribution in [3.63, 3.8) is 0 Å². The fraction of sp³-hybridized carbons (Fsp3) is 0.238. The van der Waals surface area contributed by atoms with Gasteiger partial charge in [-0.15, -0.1) is 0 Å². The van der Waals surface area contributed by atoms with Gasteiger partial charge < -0.3 is 10.0 Å². The summed E-state index contributed by atoms with van der Waals surface area (Å²) in [7, 11) is 0. The number of rotatable bonds is 4. The molecule has 0 aliphatic carbocycles. The van der Waals surface area contributed by atoms with Crippen molar-refractivity contribution in [1.82, 2.24) is 14.8 Å². The average Bonchev–Trinajstić information content (AvgIpc) is 2.76.